The van der Waals surface area contributed by atoms with Gasteiger partial charge in [0.25, 0.3) is 5.60 Å². The standard InChI is InChI=1S/C16H24F6O/c17-15(18,19)14(23,16(20,21)22)8-4-2-1-3-5-12-9-11-6-7-13(12)10-11/h11-13,23H,1-10H2. The van der Waals surface area contributed by atoms with E-state index in [2.05, 4.69) is 0 Å². The molecule has 3 unspecified atom stereocenters. The van der Waals surface area contributed by atoms with Crippen LogP contribution in [0.25, 0.3) is 0 Å². The average molecular weight is 346 g/mol. The molecule has 3 atom stereocenters. The van der Waals surface area contributed by atoms with Crippen molar-refractivity contribution in [2.75, 3.05) is 0 Å². The number of unbranched alkanes of at least 4 members (excludes halogenated alkanes) is 3. The minimum absolute atomic E-state index is 0.272. The van der Waals surface area contributed by atoms with Crippen LogP contribution in [0.5, 0.6) is 0 Å². The van der Waals surface area contributed by atoms with Gasteiger partial charge in [0.1, 0.15) is 0 Å². The van der Waals surface area contributed by atoms with Crippen LogP contribution < -0.4 is 0 Å². The zero-order valence-corrected chi connectivity index (χ0v) is 13.0. The van der Waals surface area contributed by atoms with E-state index in [0.717, 1.165) is 24.7 Å². The Morgan fingerprint density at radius 1 is 0.783 bits per heavy atom. The summed E-state index contributed by atoms with van der Waals surface area (Å²) in [5.41, 5.74) is -4.58. The quantitative estimate of drug-likeness (QED) is 0.469. The Balaban J connectivity index is 1.66. The maximum atomic E-state index is 12.5. The van der Waals surface area contributed by atoms with Crippen LogP contribution in [0.4, 0.5) is 26.3 Å². The van der Waals surface area contributed by atoms with E-state index >= 15 is 0 Å². The van der Waals surface area contributed by atoms with Gasteiger partial charge in [-0.15, -0.1) is 0 Å². The van der Waals surface area contributed by atoms with Gasteiger partial charge in [0.15, 0.2) is 0 Å². The van der Waals surface area contributed by atoms with Gasteiger partial charge in [-0.05, 0) is 49.9 Å². The Hall–Kier alpha value is -0.460. The van der Waals surface area contributed by atoms with Crippen LogP contribution >= 0.6 is 0 Å². The number of halogens is 6. The SMILES string of the molecule is OC(CCCCCCC1CC2CCC1C2)(C(F)(F)F)C(F)(F)F. The van der Waals surface area contributed by atoms with E-state index in [1.165, 1.54) is 25.7 Å². The third-order valence-electron chi connectivity index (χ3n) is 5.69. The number of rotatable bonds is 7. The van der Waals surface area contributed by atoms with Crippen molar-refractivity contribution in [3.8, 4) is 0 Å². The molecular formula is C16H24F6O. The molecule has 2 bridgehead atoms. The van der Waals surface area contributed by atoms with Crippen molar-refractivity contribution < 1.29 is 31.4 Å². The van der Waals surface area contributed by atoms with Gasteiger partial charge in [-0.3, -0.25) is 0 Å². The van der Waals surface area contributed by atoms with E-state index < -0.39 is 24.4 Å². The molecule has 0 aliphatic heterocycles. The maximum absolute atomic E-state index is 12.5. The fourth-order valence-corrected chi connectivity index (χ4v) is 4.32. The zero-order valence-electron chi connectivity index (χ0n) is 13.0. The molecule has 7 heteroatoms. The van der Waals surface area contributed by atoms with Crippen LogP contribution in [0.1, 0.15) is 64.2 Å². The Labute approximate surface area is 132 Å². The molecule has 0 aromatic rings. The third kappa shape index (κ3) is 4.15. The predicted octanol–water partition coefficient (Wildman–Crippen LogP) is 5.62. The molecule has 2 aliphatic rings. The number of alkyl halides is 6. The smallest absolute Gasteiger partial charge is 0.374 e. The highest BCUT2D eigenvalue weighted by Crippen LogP contribution is 2.50. The van der Waals surface area contributed by atoms with Crippen molar-refractivity contribution >= 4 is 0 Å². The summed E-state index contributed by atoms with van der Waals surface area (Å²) in [6.45, 7) is 0. The van der Waals surface area contributed by atoms with E-state index in [4.69, 9.17) is 5.11 Å². The van der Waals surface area contributed by atoms with Gasteiger partial charge in [0, 0.05) is 0 Å². The van der Waals surface area contributed by atoms with Gasteiger partial charge >= 0.3 is 12.4 Å². The van der Waals surface area contributed by atoms with E-state index in [0.29, 0.717) is 12.3 Å². The first kappa shape index (κ1) is 18.9. The van der Waals surface area contributed by atoms with Crippen molar-refractivity contribution in [1.82, 2.24) is 0 Å². The molecule has 0 spiro atoms. The molecule has 2 aliphatic carbocycles. The van der Waals surface area contributed by atoms with Crippen LogP contribution in [0.2, 0.25) is 0 Å². The number of aliphatic hydroxyl groups is 1. The molecule has 0 saturated heterocycles. The molecule has 0 aromatic carbocycles. The highest BCUT2D eigenvalue weighted by atomic mass is 19.4. The Morgan fingerprint density at radius 2 is 1.39 bits per heavy atom. The van der Waals surface area contributed by atoms with E-state index in [-0.39, 0.29) is 12.8 Å². The lowest BCUT2D eigenvalue weighted by Crippen LogP contribution is -2.56. The molecule has 136 valence electrons. The molecule has 0 heterocycles. The number of hydrogen-bond donors (Lipinski definition) is 1. The van der Waals surface area contributed by atoms with E-state index in [1.807, 2.05) is 0 Å². The molecule has 2 fully saturated rings. The fraction of sp³-hybridized carbons (Fsp3) is 1.00. The lowest BCUT2D eigenvalue weighted by molar-refractivity contribution is -0.370. The molecule has 2 rings (SSSR count). The van der Waals surface area contributed by atoms with Crippen LogP contribution in [-0.2, 0) is 0 Å². The van der Waals surface area contributed by atoms with Crippen LogP contribution in [0.15, 0.2) is 0 Å². The molecule has 23 heavy (non-hydrogen) atoms. The topological polar surface area (TPSA) is 20.2 Å². The Morgan fingerprint density at radius 3 is 1.87 bits per heavy atom. The van der Waals surface area contributed by atoms with E-state index in [1.54, 1.807) is 0 Å². The largest absolute Gasteiger partial charge is 0.426 e. The molecule has 0 radical (unpaired) electrons. The molecule has 0 aromatic heterocycles. The van der Waals surface area contributed by atoms with Crippen LogP contribution in [-0.4, -0.2) is 23.1 Å². The second-order valence-corrected chi connectivity index (χ2v) is 7.24. The third-order valence-corrected chi connectivity index (χ3v) is 5.69. The second-order valence-electron chi connectivity index (χ2n) is 7.24. The van der Waals surface area contributed by atoms with E-state index in [9.17, 15) is 26.3 Å². The number of hydrogen-bond acceptors (Lipinski definition) is 1. The van der Waals surface area contributed by atoms with Gasteiger partial charge in [0.2, 0.25) is 0 Å². The summed E-state index contributed by atoms with van der Waals surface area (Å²) in [5, 5.41) is 9.03. The molecule has 2 saturated carbocycles. The lowest BCUT2D eigenvalue weighted by atomic mass is 9.85. The second kappa shape index (κ2) is 6.81. The van der Waals surface area contributed by atoms with Crippen molar-refractivity contribution in [3.63, 3.8) is 0 Å². The summed E-state index contributed by atoms with van der Waals surface area (Å²) in [4.78, 5) is 0. The normalized spacial score (nSPS) is 28.6. The van der Waals surface area contributed by atoms with Gasteiger partial charge < -0.3 is 5.11 Å². The van der Waals surface area contributed by atoms with Gasteiger partial charge in [0.05, 0.1) is 0 Å². The summed E-state index contributed by atoms with van der Waals surface area (Å²) in [5.74, 6) is 2.34. The number of fused-ring (bicyclic) bond motifs is 2. The minimum Gasteiger partial charge on any atom is -0.374 e. The zero-order chi connectivity index (χ0) is 17.3. The summed E-state index contributed by atoms with van der Waals surface area (Å²) in [6, 6.07) is 0. The summed E-state index contributed by atoms with van der Waals surface area (Å²) in [7, 11) is 0. The minimum atomic E-state index is -5.69. The van der Waals surface area contributed by atoms with Gasteiger partial charge in [-0.25, -0.2) is 0 Å². The molecule has 1 N–H and O–H groups in total. The van der Waals surface area contributed by atoms with Crippen molar-refractivity contribution in [2.45, 2.75) is 82.2 Å². The lowest BCUT2D eigenvalue weighted by Gasteiger charge is -2.32. The van der Waals surface area contributed by atoms with Crippen LogP contribution in [0.3, 0.4) is 0 Å². The molecule has 1 nitrogen and oxygen atoms in total. The highest BCUT2D eigenvalue weighted by Gasteiger charge is 2.69. The first-order valence-corrected chi connectivity index (χ1v) is 8.40. The van der Waals surface area contributed by atoms with Gasteiger partial charge in [-0.1, -0.05) is 32.1 Å². The van der Waals surface area contributed by atoms with Crippen molar-refractivity contribution in [2.24, 2.45) is 17.8 Å². The van der Waals surface area contributed by atoms with Crippen LogP contribution in [0, 0.1) is 17.8 Å². The fourth-order valence-electron chi connectivity index (χ4n) is 4.32. The predicted molar refractivity (Wildman–Crippen MR) is 73.7 cm³/mol. The first-order chi connectivity index (χ1) is 10.5. The van der Waals surface area contributed by atoms with Crippen molar-refractivity contribution in [1.29, 1.82) is 0 Å². The highest BCUT2D eigenvalue weighted by molar-refractivity contribution is 4.93. The maximum Gasteiger partial charge on any atom is 0.426 e. The molecular weight excluding hydrogens is 322 g/mol. The summed E-state index contributed by atoms with van der Waals surface area (Å²) >= 11 is 0. The average Bonchev–Trinajstić information content (AvgIpc) is 3.02. The monoisotopic (exact) mass is 346 g/mol. The summed E-state index contributed by atoms with van der Waals surface area (Å²) < 4.78 is 75.0. The first-order valence-electron chi connectivity index (χ1n) is 8.40. The van der Waals surface area contributed by atoms with Gasteiger partial charge in [-0.2, -0.15) is 26.3 Å². The van der Waals surface area contributed by atoms with Crippen molar-refractivity contribution in [3.05, 3.63) is 0 Å². The molecule has 0 amide bonds. The Kier molecular flexibility index (Phi) is 5.58. The summed E-state index contributed by atoms with van der Waals surface area (Å²) in [6.07, 6.45) is -5.03. The Bertz CT molecular complexity index is 375.